The van der Waals surface area contributed by atoms with Crippen LogP contribution in [0, 0.1) is 6.92 Å². The molecular weight excluding hydrogens is 298 g/mol. The number of rotatable bonds is 5. The first-order chi connectivity index (χ1) is 11.2. The van der Waals surface area contributed by atoms with Crippen LogP contribution in [-0.2, 0) is 4.79 Å². The topological polar surface area (TPSA) is 77.7 Å². The van der Waals surface area contributed by atoms with Crippen molar-refractivity contribution in [1.29, 1.82) is 0 Å². The van der Waals surface area contributed by atoms with E-state index in [2.05, 4.69) is 10.1 Å². The molecule has 1 amide bonds. The molecule has 23 heavy (non-hydrogen) atoms. The molecule has 1 aromatic carbocycles. The van der Waals surface area contributed by atoms with Crippen molar-refractivity contribution in [2.75, 3.05) is 20.3 Å². The van der Waals surface area contributed by atoms with Crippen molar-refractivity contribution >= 4 is 5.91 Å². The highest BCUT2D eigenvalue weighted by atomic mass is 16.5. The Morgan fingerprint density at radius 3 is 2.87 bits per heavy atom. The van der Waals surface area contributed by atoms with Gasteiger partial charge in [0, 0.05) is 6.54 Å². The average Bonchev–Trinajstić information content (AvgIpc) is 3.21. The number of ether oxygens (including phenoxy) is 2. The van der Waals surface area contributed by atoms with Gasteiger partial charge < -0.3 is 18.9 Å². The van der Waals surface area contributed by atoms with Gasteiger partial charge in [-0.2, -0.15) is 4.98 Å². The summed E-state index contributed by atoms with van der Waals surface area (Å²) in [6.45, 7) is 2.38. The molecule has 3 rings (SSSR count). The fraction of sp³-hybridized carbons (Fsp3) is 0.438. The maximum absolute atomic E-state index is 12.5. The highest BCUT2D eigenvalue weighted by Crippen LogP contribution is 2.31. The molecule has 1 aliphatic heterocycles. The van der Waals surface area contributed by atoms with E-state index in [9.17, 15) is 4.79 Å². The fourth-order valence-electron chi connectivity index (χ4n) is 2.73. The molecule has 0 bridgehead atoms. The number of aromatic nitrogens is 2. The first-order valence-corrected chi connectivity index (χ1v) is 7.54. The van der Waals surface area contributed by atoms with E-state index in [1.54, 1.807) is 31.1 Å². The summed E-state index contributed by atoms with van der Waals surface area (Å²) in [4.78, 5) is 18.5. The summed E-state index contributed by atoms with van der Waals surface area (Å²) in [5.41, 5.74) is 0. The molecule has 7 heteroatoms. The van der Waals surface area contributed by atoms with Crippen molar-refractivity contribution in [2.45, 2.75) is 25.8 Å². The van der Waals surface area contributed by atoms with Gasteiger partial charge >= 0.3 is 0 Å². The minimum atomic E-state index is -0.162. The van der Waals surface area contributed by atoms with Crippen LogP contribution in [0.4, 0.5) is 0 Å². The van der Waals surface area contributed by atoms with Gasteiger partial charge in [0.2, 0.25) is 5.89 Å². The largest absolute Gasteiger partial charge is 0.493 e. The van der Waals surface area contributed by atoms with Crippen LogP contribution < -0.4 is 9.47 Å². The van der Waals surface area contributed by atoms with Gasteiger partial charge in [0.25, 0.3) is 5.91 Å². The third kappa shape index (κ3) is 3.28. The van der Waals surface area contributed by atoms with Gasteiger partial charge in [0.05, 0.1) is 7.11 Å². The summed E-state index contributed by atoms with van der Waals surface area (Å²) in [5, 5.41) is 3.80. The molecule has 0 N–H and O–H groups in total. The summed E-state index contributed by atoms with van der Waals surface area (Å²) in [6.07, 6.45) is 1.73. The molecule has 1 fully saturated rings. The van der Waals surface area contributed by atoms with Gasteiger partial charge in [0.1, 0.15) is 6.04 Å². The Morgan fingerprint density at radius 2 is 2.17 bits per heavy atom. The predicted octanol–water partition coefficient (Wildman–Crippen LogP) is 2.13. The predicted molar refractivity (Wildman–Crippen MR) is 81.2 cm³/mol. The molecule has 1 aliphatic rings. The molecule has 7 nitrogen and oxygen atoms in total. The second-order valence-electron chi connectivity index (χ2n) is 5.36. The van der Waals surface area contributed by atoms with E-state index in [4.69, 9.17) is 14.0 Å². The van der Waals surface area contributed by atoms with E-state index in [0.717, 1.165) is 12.8 Å². The second kappa shape index (κ2) is 6.68. The van der Waals surface area contributed by atoms with Crippen LogP contribution in [0.25, 0.3) is 0 Å². The van der Waals surface area contributed by atoms with Gasteiger partial charge in [0.15, 0.2) is 23.9 Å². The third-order valence-electron chi connectivity index (χ3n) is 3.82. The number of hydrogen-bond donors (Lipinski definition) is 0. The number of para-hydroxylation sites is 2. The summed E-state index contributed by atoms with van der Waals surface area (Å²) in [6, 6.07) is 7.09. The summed E-state index contributed by atoms with van der Waals surface area (Å²) in [5.74, 6) is 2.11. The zero-order chi connectivity index (χ0) is 16.2. The van der Waals surface area contributed by atoms with Crippen molar-refractivity contribution in [3.63, 3.8) is 0 Å². The molecule has 2 aromatic rings. The first-order valence-electron chi connectivity index (χ1n) is 7.54. The molecule has 0 spiro atoms. The van der Waals surface area contributed by atoms with Crippen molar-refractivity contribution in [3.8, 4) is 11.5 Å². The molecule has 1 unspecified atom stereocenters. The van der Waals surface area contributed by atoms with E-state index in [1.165, 1.54) is 0 Å². The number of aryl methyl sites for hydroxylation is 1. The van der Waals surface area contributed by atoms with E-state index >= 15 is 0 Å². The Hall–Kier alpha value is -2.57. The first kappa shape index (κ1) is 15.3. The molecule has 0 aliphatic carbocycles. The van der Waals surface area contributed by atoms with E-state index < -0.39 is 0 Å². The van der Waals surface area contributed by atoms with Crippen LogP contribution in [0.15, 0.2) is 28.8 Å². The highest BCUT2D eigenvalue weighted by molar-refractivity contribution is 5.78. The Morgan fingerprint density at radius 1 is 1.39 bits per heavy atom. The molecule has 2 heterocycles. The molecular formula is C16H19N3O4. The molecule has 1 saturated heterocycles. The maximum Gasteiger partial charge on any atom is 0.261 e. The van der Waals surface area contributed by atoms with Crippen LogP contribution in [0.3, 0.4) is 0 Å². The smallest absolute Gasteiger partial charge is 0.261 e. The lowest BCUT2D eigenvalue weighted by atomic mass is 10.2. The lowest BCUT2D eigenvalue weighted by molar-refractivity contribution is -0.134. The Bertz CT molecular complexity index is 685. The van der Waals surface area contributed by atoms with E-state index in [0.29, 0.717) is 29.8 Å². The van der Waals surface area contributed by atoms with E-state index in [1.807, 2.05) is 12.1 Å². The third-order valence-corrected chi connectivity index (χ3v) is 3.82. The lowest BCUT2D eigenvalue weighted by Gasteiger charge is -2.22. The van der Waals surface area contributed by atoms with Gasteiger partial charge in [-0.25, -0.2) is 0 Å². The Kier molecular flexibility index (Phi) is 4.45. The molecule has 0 saturated carbocycles. The van der Waals surface area contributed by atoms with Gasteiger partial charge in [-0.1, -0.05) is 17.3 Å². The van der Waals surface area contributed by atoms with Crippen molar-refractivity contribution in [1.82, 2.24) is 15.0 Å². The molecule has 1 atom stereocenters. The fourth-order valence-corrected chi connectivity index (χ4v) is 2.73. The lowest BCUT2D eigenvalue weighted by Crippen LogP contribution is -2.34. The van der Waals surface area contributed by atoms with Crippen molar-refractivity contribution in [3.05, 3.63) is 36.0 Å². The molecule has 122 valence electrons. The van der Waals surface area contributed by atoms with Gasteiger partial charge in [-0.15, -0.1) is 0 Å². The second-order valence-corrected chi connectivity index (χ2v) is 5.36. The number of amides is 1. The monoisotopic (exact) mass is 317 g/mol. The minimum absolute atomic E-state index is 0.0516. The van der Waals surface area contributed by atoms with Crippen LogP contribution >= 0.6 is 0 Å². The van der Waals surface area contributed by atoms with Crippen molar-refractivity contribution < 1.29 is 18.8 Å². The number of methoxy groups -OCH3 is 1. The van der Waals surface area contributed by atoms with Crippen LogP contribution in [-0.4, -0.2) is 41.2 Å². The number of carbonyl (C=O) groups excluding carboxylic acids is 1. The zero-order valence-corrected chi connectivity index (χ0v) is 13.2. The maximum atomic E-state index is 12.5. The zero-order valence-electron chi connectivity index (χ0n) is 13.2. The van der Waals surface area contributed by atoms with Gasteiger partial charge in [-0.05, 0) is 31.9 Å². The van der Waals surface area contributed by atoms with Crippen LogP contribution in [0.2, 0.25) is 0 Å². The quantitative estimate of drug-likeness (QED) is 0.840. The molecule has 0 radical (unpaired) electrons. The number of carbonyl (C=O) groups is 1. The summed E-state index contributed by atoms with van der Waals surface area (Å²) in [7, 11) is 1.57. The van der Waals surface area contributed by atoms with Crippen LogP contribution in [0.5, 0.6) is 11.5 Å². The molecule has 1 aromatic heterocycles. The number of nitrogens with zero attached hydrogens (tertiary/aromatic N) is 3. The number of hydrogen-bond acceptors (Lipinski definition) is 6. The minimum Gasteiger partial charge on any atom is -0.493 e. The average molecular weight is 317 g/mol. The Labute approximate surface area is 134 Å². The van der Waals surface area contributed by atoms with Crippen LogP contribution in [0.1, 0.15) is 30.6 Å². The standard InChI is InChI=1S/C16H19N3O4/c1-11-17-16(23-18-11)12-6-5-9-19(12)15(20)10-22-14-8-4-3-7-13(14)21-2/h3-4,7-8,12H,5-6,9-10H2,1-2H3. The Balaban J connectivity index is 1.65. The number of benzene rings is 1. The summed E-state index contributed by atoms with van der Waals surface area (Å²) < 4.78 is 16.0. The summed E-state index contributed by atoms with van der Waals surface area (Å²) >= 11 is 0. The normalized spacial score (nSPS) is 17.3. The highest BCUT2D eigenvalue weighted by Gasteiger charge is 2.34. The van der Waals surface area contributed by atoms with E-state index in [-0.39, 0.29) is 18.6 Å². The number of likely N-dealkylation sites (tertiary alicyclic amines) is 1. The SMILES string of the molecule is COc1ccccc1OCC(=O)N1CCCC1c1nc(C)no1. The van der Waals surface area contributed by atoms with Crippen molar-refractivity contribution in [2.24, 2.45) is 0 Å². The van der Waals surface area contributed by atoms with Gasteiger partial charge in [-0.3, -0.25) is 4.79 Å².